The van der Waals surface area contributed by atoms with Crippen molar-refractivity contribution in [1.29, 1.82) is 0 Å². The van der Waals surface area contributed by atoms with Gasteiger partial charge in [0.15, 0.2) is 0 Å². The number of thioether (sulfide) groups is 1. The highest BCUT2D eigenvalue weighted by Crippen LogP contribution is 2.25. The zero-order valence-corrected chi connectivity index (χ0v) is 11.6. The van der Waals surface area contributed by atoms with Gasteiger partial charge < -0.3 is 0 Å². The highest BCUT2D eigenvalue weighted by molar-refractivity contribution is 7.99. The molecule has 18 heavy (non-hydrogen) atoms. The summed E-state index contributed by atoms with van der Waals surface area (Å²) in [5.74, 6) is 2.74. The number of aryl methyl sites for hydroxylation is 2. The number of hydrogen-bond donors (Lipinski definition) is 0. The van der Waals surface area contributed by atoms with Gasteiger partial charge in [-0.25, -0.2) is 14.5 Å². The molecule has 0 N–H and O–H groups in total. The van der Waals surface area contributed by atoms with E-state index < -0.39 is 0 Å². The van der Waals surface area contributed by atoms with Gasteiger partial charge >= 0.3 is 0 Å². The molecule has 0 aliphatic heterocycles. The number of carbonyl (C=O) groups excluding carboxylic acids is 1. The highest BCUT2D eigenvalue weighted by atomic mass is 32.2. The Morgan fingerprint density at radius 3 is 3.00 bits per heavy atom. The Hall–Kier alpha value is -1.50. The zero-order valence-electron chi connectivity index (χ0n) is 9.95. The van der Waals surface area contributed by atoms with Crippen LogP contribution in [0.25, 0.3) is 5.57 Å². The van der Waals surface area contributed by atoms with Crippen molar-refractivity contribution >= 4 is 34.6 Å². The van der Waals surface area contributed by atoms with Crippen LogP contribution in [-0.2, 0) is 11.8 Å². The minimum atomic E-state index is 0.629. The number of thiazole rings is 1. The molecule has 94 valence electrons. The molecule has 0 aromatic carbocycles. The quantitative estimate of drug-likeness (QED) is 0.609. The lowest BCUT2D eigenvalue weighted by Crippen LogP contribution is -1.95. The molecule has 6 nitrogen and oxygen atoms in total. The lowest BCUT2D eigenvalue weighted by molar-refractivity contribution is 0.569. The van der Waals surface area contributed by atoms with Crippen molar-refractivity contribution in [2.75, 3.05) is 5.75 Å². The summed E-state index contributed by atoms with van der Waals surface area (Å²) in [4.78, 5) is 16.0. The van der Waals surface area contributed by atoms with Gasteiger partial charge in [-0.1, -0.05) is 11.8 Å². The molecule has 2 heterocycles. The lowest BCUT2D eigenvalue weighted by Gasteiger charge is -2.01. The van der Waals surface area contributed by atoms with Crippen LogP contribution in [0.2, 0.25) is 0 Å². The largest absolute Gasteiger partial charge is 0.249 e. The van der Waals surface area contributed by atoms with Gasteiger partial charge in [-0.2, -0.15) is 0 Å². The van der Waals surface area contributed by atoms with E-state index in [9.17, 15) is 4.79 Å². The normalized spacial score (nSPS) is 10.3. The molecule has 0 saturated heterocycles. The standard InChI is InChI=1S/C10H11N5OS2/c1-7-9(18-6-11-7)8(5-16)3-4-17-10-12-13-14-15(10)2/h6H,3-4H2,1-2H3. The smallest absolute Gasteiger partial charge is 0.209 e. The van der Waals surface area contributed by atoms with Crippen molar-refractivity contribution in [2.45, 2.75) is 18.5 Å². The first-order chi connectivity index (χ1) is 8.72. The third kappa shape index (κ3) is 2.84. The van der Waals surface area contributed by atoms with Gasteiger partial charge in [-0.05, 0) is 23.8 Å². The summed E-state index contributed by atoms with van der Waals surface area (Å²) in [7, 11) is 1.78. The monoisotopic (exact) mass is 281 g/mol. The van der Waals surface area contributed by atoms with Crippen molar-refractivity contribution < 1.29 is 4.79 Å². The number of rotatable bonds is 5. The van der Waals surface area contributed by atoms with Crippen molar-refractivity contribution in [3.05, 3.63) is 16.1 Å². The summed E-state index contributed by atoms with van der Waals surface area (Å²) in [5, 5.41) is 11.9. The zero-order chi connectivity index (χ0) is 13.0. The van der Waals surface area contributed by atoms with E-state index in [1.165, 1.54) is 23.1 Å². The Kier molecular flexibility index (Phi) is 4.24. The number of aromatic nitrogens is 5. The molecular weight excluding hydrogens is 270 g/mol. The molecule has 2 aromatic heterocycles. The molecule has 0 spiro atoms. The first-order valence-electron chi connectivity index (χ1n) is 5.22. The Morgan fingerprint density at radius 2 is 2.44 bits per heavy atom. The van der Waals surface area contributed by atoms with E-state index in [0.29, 0.717) is 12.0 Å². The minimum Gasteiger partial charge on any atom is -0.249 e. The van der Waals surface area contributed by atoms with Gasteiger partial charge in [0.1, 0.15) is 5.94 Å². The third-order valence-corrected chi connectivity index (χ3v) is 4.31. The molecule has 0 aliphatic carbocycles. The van der Waals surface area contributed by atoms with Gasteiger partial charge in [-0.15, -0.1) is 16.4 Å². The van der Waals surface area contributed by atoms with Crippen molar-refractivity contribution in [2.24, 2.45) is 7.05 Å². The first kappa shape index (κ1) is 12.9. The SMILES string of the molecule is Cc1ncsc1C(=C=O)CCSc1nnnn1C. The average Bonchev–Trinajstić information content (AvgIpc) is 2.95. The molecule has 0 saturated carbocycles. The van der Waals surface area contributed by atoms with Gasteiger partial charge in [0.25, 0.3) is 0 Å². The molecule has 2 aromatic rings. The fraction of sp³-hybridized carbons (Fsp3) is 0.400. The molecule has 0 amide bonds. The lowest BCUT2D eigenvalue weighted by atomic mass is 10.2. The topological polar surface area (TPSA) is 73.6 Å². The fourth-order valence-electron chi connectivity index (χ4n) is 1.39. The van der Waals surface area contributed by atoms with Crippen LogP contribution in [-0.4, -0.2) is 36.9 Å². The van der Waals surface area contributed by atoms with E-state index in [4.69, 9.17) is 0 Å². The number of allylic oxidation sites excluding steroid dienone is 1. The van der Waals surface area contributed by atoms with Gasteiger partial charge in [0.2, 0.25) is 5.16 Å². The van der Waals surface area contributed by atoms with E-state index in [0.717, 1.165) is 21.5 Å². The summed E-state index contributed by atoms with van der Waals surface area (Å²) in [6.45, 7) is 1.89. The Morgan fingerprint density at radius 1 is 1.61 bits per heavy atom. The second-order valence-electron chi connectivity index (χ2n) is 3.53. The Balaban J connectivity index is 1.96. The van der Waals surface area contributed by atoms with E-state index in [-0.39, 0.29) is 0 Å². The van der Waals surface area contributed by atoms with Crippen LogP contribution in [0.15, 0.2) is 10.7 Å². The fourth-order valence-corrected chi connectivity index (χ4v) is 3.02. The number of hydrogen-bond acceptors (Lipinski definition) is 7. The van der Waals surface area contributed by atoms with Crippen LogP contribution in [0.3, 0.4) is 0 Å². The summed E-state index contributed by atoms with van der Waals surface area (Å²) in [6.07, 6.45) is 0.629. The molecule has 0 radical (unpaired) electrons. The molecule has 0 aliphatic rings. The van der Waals surface area contributed by atoms with E-state index in [2.05, 4.69) is 20.5 Å². The van der Waals surface area contributed by atoms with Crippen molar-refractivity contribution in [3.63, 3.8) is 0 Å². The molecule has 0 bridgehead atoms. The maximum atomic E-state index is 11.0. The second-order valence-corrected chi connectivity index (χ2v) is 5.45. The molecule has 2 rings (SSSR count). The number of nitrogens with zero attached hydrogens (tertiary/aromatic N) is 5. The van der Waals surface area contributed by atoms with E-state index >= 15 is 0 Å². The average molecular weight is 281 g/mol. The van der Waals surface area contributed by atoms with Gasteiger partial charge in [0.05, 0.1) is 21.7 Å². The number of tetrazole rings is 1. The third-order valence-electron chi connectivity index (χ3n) is 2.31. The molecule has 0 unspecified atom stereocenters. The summed E-state index contributed by atoms with van der Waals surface area (Å²) < 4.78 is 1.60. The van der Waals surface area contributed by atoms with Crippen LogP contribution in [0.4, 0.5) is 0 Å². The van der Waals surface area contributed by atoms with Crippen LogP contribution < -0.4 is 0 Å². The second kappa shape index (κ2) is 5.90. The van der Waals surface area contributed by atoms with Crippen LogP contribution >= 0.6 is 23.1 Å². The maximum absolute atomic E-state index is 11.0. The summed E-state index contributed by atoms with van der Waals surface area (Å²) in [5.41, 5.74) is 3.28. The van der Waals surface area contributed by atoms with Gasteiger partial charge in [0, 0.05) is 12.8 Å². The molecule has 0 fully saturated rings. The first-order valence-corrected chi connectivity index (χ1v) is 7.08. The summed E-state index contributed by atoms with van der Waals surface area (Å²) in [6, 6.07) is 0. The Labute approximate surface area is 112 Å². The van der Waals surface area contributed by atoms with Crippen molar-refractivity contribution in [3.8, 4) is 0 Å². The van der Waals surface area contributed by atoms with Crippen LogP contribution in [0.5, 0.6) is 0 Å². The molecule has 8 heteroatoms. The summed E-state index contributed by atoms with van der Waals surface area (Å²) >= 11 is 2.98. The minimum absolute atomic E-state index is 0.629. The van der Waals surface area contributed by atoms with Crippen LogP contribution in [0.1, 0.15) is 17.0 Å². The van der Waals surface area contributed by atoms with Crippen LogP contribution in [0, 0.1) is 6.92 Å². The van der Waals surface area contributed by atoms with E-state index in [1.54, 1.807) is 17.2 Å². The molecular formula is C10H11N5OS2. The highest BCUT2D eigenvalue weighted by Gasteiger charge is 2.10. The predicted molar refractivity (Wildman–Crippen MR) is 70.1 cm³/mol. The van der Waals surface area contributed by atoms with E-state index in [1.807, 2.05) is 12.9 Å². The van der Waals surface area contributed by atoms with Gasteiger partial charge in [-0.3, -0.25) is 0 Å². The maximum Gasteiger partial charge on any atom is 0.209 e. The Bertz CT molecular complexity index is 585. The molecule has 0 atom stereocenters. The predicted octanol–water partition coefficient (Wildman–Crippen LogP) is 1.37. The van der Waals surface area contributed by atoms with Crippen molar-refractivity contribution in [1.82, 2.24) is 25.2 Å².